The minimum absolute atomic E-state index is 0.0760. The number of rotatable bonds is 9. The molecule has 2 aromatic carbocycles. The van der Waals surface area contributed by atoms with Crippen LogP contribution in [0.2, 0.25) is 5.02 Å². The summed E-state index contributed by atoms with van der Waals surface area (Å²) in [5.74, 6) is 0.504. The zero-order chi connectivity index (χ0) is 21.8. The number of hydrogen-bond donors (Lipinski definition) is 3. The summed E-state index contributed by atoms with van der Waals surface area (Å²) in [6, 6.07) is 14.3. The van der Waals surface area contributed by atoms with Crippen molar-refractivity contribution in [1.29, 1.82) is 0 Å². The van der Waals surface area contributed by atoms with E-state index in [1.807, 2.05) is 43.4 Å². The predicted octanol–water partition coefficient (Wildman–Crippen LogP) is 3.46. The highest BCUT2D eigenvalue weighted by Crippen LogP contribution is 2.49. The molecule has 6 nitrogen and oxygen atoms in total. The van der Waals surface area contributed by atoms with E-state index in [-0.39, 0.29) is 11.7 Å². The fourth-order valence-corrected chi connectivity index (χ4v) is 4.45. The van der Waals surface area contributed by atoms with Crippen molar-refractivity contribution in [1.82, 2.24) is 15.5 Å². The molecule has 4 rings (SSSR count). The second-order valence-corrected chi connectivity index (χ2v) is 8.77. The van der Waals surface area contributed by atoms with Crippen LogP contribution < -0.4 is 10.6 Å². The van der Waals surface area contributed by atoms with Crippen molar-refractivity contribution in [3.63, 3.8) is 0 Å². The lowest BCUT2D eigenvalue weighted by atomic mass is 9.78. The first-order valence-corrected chi connectivity index (χ1v) is 11.2. The zero-order valence-corrected chi connectivity index (χ0v) is 18.5. The smallest absolute Gasteiger partial charge is 0.255 e. The van der Waals surface area contributed by atoms with E-state index in [1.165, 1.54) is 18.9 Å². The summed E-state index contributed by atoms with van der Waals surface area (Å²) in [6.45, 7) is 2.17. The van der Waals surface area contributed by atoms with Crippen LogP contribution in [0.1, 0.15) is 36.4 Å². The van der Waals surface area contributed by atoms with Gasteiger partial charge < -0.3 is 20.6 Å². The van der Waals surface area contributed by atoms with E-state index < -0.39 is 11.6 Å². The molecule has 1 fully saturated rings. The maximum atomic E-state index is 13.8. The van der Waals surface area contributed by atoms with Crippen LogP contribution in [-0.2, 0) is 10.3 Å². The van der Waals surface area contributed by atoms with Gasteiger partial charge in [-0.3, -0.25) is 9.79 Å². The Balaban J connectivity index is 1.78. The van der Waals surface area contributed by atoms with Crippen LogP contribution in [0.15, 0.2) is 53.5 Å². The van der Waals surface area contributed by atoms with Crippen molar-refractivity contribution in [2.45, 2.75) is 30.8 Å². The molecule has 0 bridgehead atoms. The Kier molecular flexibility index (Phi) is 6.49. The quantitative estimate of drug-likeness (QED) is 0.522. The van der Waals surface area contributed by atoms with Gasteiger partial charge in [-0.15, -0.1) is 0 Å². The number of aromatic hydroxyl groups is 1. The normalized spacial score (nSPS) is 22.6. The van der Waals surface area contributed by atoms with E-state index in [4.69, 9.17) is 16.6 Å². The molecule has 1 aliphatic carbocycles. The standard InChI is InChI=1S/C24H29ClN4O2/c1-26-12-5-13-27-23(31)24(18-6-3-2-4-7-18)22(20-11-10-19(25)14-21(20)30)29(16-28-24)15-17-8-9-17/h2-4,6-7,10-11,14,16-17,22,26,30H,5,8-9,12-13,15H2,1H3,(H,27,31)/t22-,24+/m0/s1. The van der Waals surface area contributed by atoms with E-state index in [1.54, 1.807) is 12.4 Å². The lowest BCUT2D eigenvalue weighted by Crippen LogP contribution is -2.49. The summed E-state index contributed by atoms with van der Waals surface area (Å²) in [4.78, 5) is 20.7. The second-order valence-electron chi connectivity index (χ2n) is 8.34. The van der Waals surface area contributed by atoms with Gasteiger partial charge in [0.05, 0.1) is 12.4 Å². The third kappa shape index (κ3) is 4.41. The molecule has 0 radical (unpaired) electrons. The zero-order valence-electron chi connectivity index (χ0n) is 17.7. The van der Waals surface area contributed by atoms with E-state index in [9.17, 15) is 9.90 Å². The van der Waals surface area contributed by atoms with Gasteiger partial charge in [0.2, 0.25) is 0 Å². The van der Waals surface area contributed by atoms with Gasteiger partial charge >= 0.3 is 0 Å². The van der Waals surface area contributed by atoms with Crippen LogP contribution in [0.4, 0.5) is 0 Å². The SMILES string of the molecule is CNCCCNC(=O)[C@]1(c2ccccc2)N=CN(CC2CC2)[C@H]1c1ccc(Cl)cc1O. The highest BCUT2D eigenvalue weighted by atomic mass is 35.5. The van der Waals surface area contributed by atoms with Crippen molar-refractivity contribution in [2.24, 2.45) is 10.9 Å². The number of phenolic OH excluding ortho intramolecular Hbond substituents is 1. The number of nitrogens with one attached hydrogen (secondary N) is 2. The van der Waals surface area contributed by atoms with Crippen molar-refractivity contribution >= 4 is 23.8 Å². The average Bonchev–Trinajstić information content (AvgIpc) is 3.51. The van der Waals surface area contributed by atoms with Gasteiger partial charge in [0, 0.05) is 23.7 Å². The molecule has 1 aliphatic heterocycles. The van der Waals surface area contributed by atoms with Crippen LogP contribution in [0.25, 0.3) is 0 Å². The molecule has 2 aliphatic rings. The fourth-order valence-electron chi connectivity index (χ4n) is 4.29. The summed E-state index contributed by atoms with van der Waals surface area (Å²) in [7, 11) is 1.89. The van der Waals surface area contributed by atoms with Crippen molar-refractivity contribution in [3.05, 3.63) is 64.7 Å². The third-order valence-electron chi connectivity index (χ3n) is 6.04. The number of hydrogen-bond acceptors (Lipinski definition) is 5. The fraction of sp³-hybridized carbons (Fsp3) is 0.417. The Morgan fingerprint density at radius 3 is 2.68 bits per heavy atom. The molecule has 1 heterocycles. The number of aliphatic imine (C=N–C) groups is 1. The Bertz CT molecular complexity index is 948. The molecular weight excluding hydrogens is 412 g/mol. The number of benzene rings is 2. The maximum absolute atomic E-state index is 13.8. The van der Waals surface area contributed by atoms with Gasteiger partial charge in [-0.25, -0.2) is 0 Å². The van der Waals surface area contributed by atoms with E-state index in [2.05, 4.69) is 15.5 Å². The van der Waals surface area contributed by atoms with Gasteiger partial charge in [0.25, 0.3) is 5.91 Å². The van der Waals surface area contributed by atoms with Crippen molar-refractivity contribution < 1.29 is 9.90 Å². The Morgan fingerprint density at radius 1 is 1.23 bits per heavy atom. The third-order valence-corrected chi connectivity index (χ3v) is 6.27. The van der Waals surface area contributed by atoms with E-state index in [0.29, 0.717) is 23.0 Å². The molecule has 3 N–H and O–H groups in total. The van der Waals surface area contributed by atoms with E-state index >= 15 is 0 Å². The average molecular weight is 441 g/mol. The number of phenols is 1. The number of halogens is 1. The lowest BCUT2D eigenvalue weighted by Gasteiger charge is -2.37. The molecule has 2 aromatic rings. The number of carbonyl (C=O) groups is 1. The topological polar surface area (TPSA) is 77.0 Å². The monoisotopic (exact) mass is 440 g/mol. The molecule has 0 spiro atoms. The molecule has 2 atom stereocenters. The minimum Gasteiger partial charge on any atom is -0.508 e. The van der Waals surface area contributed by atoms with Crippen molar-refractivity contribution in [2.75, 3.05) is 26.7 Å². The van der Waals surface area contributed by atoms with Gasteiger partial charge in [-0.05, 0) is 56.5 Å². The first kappa shape index (κ1) is 21.7. The first-order valence-electron chi connectivity index (χ1n) is 10.8. The van der Waals surface area contributed by atoms with Crippen LogP contribution in [-0.4, -0.2) is 48.9 Å². The molecule has 164 valence electrons. The van der Waals surface area contributed by atoms with Gasteiger partial charge in [-0.2, -0.15) is 0 Å². The Hall–Kier alpha value is -2.57. The Morgan fingerprint density at radius 2 is 2.00 bits per heavy atom. The van der Waals surface area contributed by atoms with Crippen LogP contribution in [0.5, 0.6) is 5.75 Å². The molecule has 1 amide bonds. The van der Waals surface area contributed by atoms with Crippen LogP contribution in [0, 0.1) is 5.92 Å². The molecule has 1 saturated carbocycles. The predicted molar refractivity (Wildman–Crippen MR) is 123 cm³/mol. The lowest BCUT2D eigenvalue weighted by molar-refractivity contribution is -0.128. The van der Waals surface area contributed by atoms with Gasteiger partial charge in [-0.1, -0.05) is 48.0 Å². The molecule has 0 aromatic heterocycles. The molecule has 7 heteroatoms. The largest absolute Gasteiger partial charge is 0.508 e. The van der Waals surface area contributed by atoms with Gasteiger partial charge in [0.1, 0.15) is 5.75 Å². The molecule has 31 heavy (non-hydrogen) atoms. The van der Waals surface area contributed by atoms with Crippen LogP contribution in [0.3, 0.4) is 0 Å². The van der Waals surface area contributed by atoms with Crippen LogP contribution >= 0.6 is 11.6 Å². The molecule has 0 saturated heterocycles. The molecule has 0 unspecified atom stereocenters. The highest BCUT2D eigenvalue weighted by molar-refractivity contribution is 6.30. The second kappa shape index (κ2) is 9.28. The highest BCUT2D eigenvalue weighted by Gasteiger charge is 2.54. The summed E-state index contributed by atoms with van der Waals surface area (Å²) in [6.07, 6.45) is 4.97. The Labute approximate surface area is 188 Å². The number of amides is 1. The van der Waals surface area contributed by atoms with E-state index in [0.717, 1.165) is 25.1 Å². The number of nitrogens with zero attached hydrogens (tertiary/aromatic N) is 2. The van der Waals surface area contributed by atoms with Crippen molar-refractivity contribution in [3.8, 4) is 5.75 Å². The summed E-state index contributed by atoms with van der Waals surface area (Å²) in [5, 5.41) is 17.5. The number of carbonyl (C=O) groups excluding carboxylic acids is 1. The summed E-state index contributed by atoms with van der Waals surface area (Å²) >= 11 is 6.11. The molecular formula is C24H29ClN4O2. The minimum atomic E-state index is -1.19. The summed E-state index contributed by atoms with van der Waals surface area (Å²) < 4.78 is 0. The summed E-state index contributed by atoms with van der Waals surface area (Å²) in [5.41, 5.74) is 0.257. The van der Waals surface area contributed by atoms with Gasteiger partial charge in [0.15, 0.2) is 5.54 Å². The first-order chi connectivity index (χ1) is 15.1. The maximum Gasteiger partial charge on any atom is 0.255 e.